The number of benzene rings is 2. The maximum absolute atomic E-state index is 11.7. The molecule has 5 nitrogen and oxygen atoms in total. The minimum Gasteiger partial charge on any atom is -0.369 e. The van der Waals surface area contributed by atoms with Crippen molar-refractivity contribution in [3.8, 4) is 0 Å². The first-order chi connectivity index (χ1) is 16.6. The van der Waals surface area contributed by atoms with Crippen LogP contribution >= 0.6 is 0 Å². The summed E-state index contributed by atoms with van der Waals surface area (Å²) in [5, 5.41) is 0. The van der Waals surface area contributed by atoms with Crippen molar-refractivity contribution in [1.29, 1.82) is 0 Å². The van der Waals surface area contributed by atoms with Crippen molar-refractivity contribution in [2.45, 2.75) is 38.1 Å². The number of hydrogen-bond donors (Lipinski definition) is 1. The van der Waals surface area contributed by atoms with E-state index in [4.69, 9.17) is 5.73 Å². The summed E-state index contributed by atoms with van der Waals surface area (Å²) in [6.45, 7) is 3.61. The number of nitrogens with two attached hydrogens (primary N) is 1. The second-order valence-electron chi connectivity index (χ2n) is 9.74. The summed E-state index contributed by atoms with van der Waals surface area (Å²) in [6, 6.07) is 17.5. The Morgan fingerprint density at radius 2 is 1.56 bits per heavy atom. The SMILES string of the molecule is NC(=O)C1CCN(C=O)C(CCN2CCC(=C3c4ccccc4C=Cc4ccccc43)CC2)C1. The molecule has 2 amide bonds. The molecule has 2 unspecified atom stereocenters. The lowest BCUT2D eigenvalue weighted by Gasteiger charge is -2.38. The molecule has 1 aliphatic carbocycles. The summed E-state index contributed by atoms with van der Waals surface area (Å²) in [4.78, 5) is 27.6. The zero-order valence-corrected chi connectivity index (χ0v) is 19.7. The van der Waals surface area contributed by atoms with Gasteiger partial charge in [0, 0.05) is 38.1 Å². The molecule has 2 heterocycles. The number of carbonyl (C=O) groups excluding carboxylic acids is 2. The summed E-state index contributed by atoms with van der Waals surface area (Å²) < 4.78 is 0. The van der Waals surface area contributed by atoms with Crippen molar-refractivity contribution in [3.63, 3.8) is 0 Å². The van der Waals surface area contributed by atoms with Crippen LogP contribution < -0.4 is 5.73 Å². The van der Waals surface area contributed by atoms with E-state index in [0.717, 1.165) is 45.3 Å². The predicted octanol–water partition coefficient (Wildman–Crippen LogP) is 4.18. The zero-order valence-electron chi connectivity index (χ0n) is 19.7. The van der Waals surface area contributed by atoms with E-state index in [1.807, 2.05) is 4.90 Å². The Bertz CT molecular complexity index is 1070. The summed E-state index contributed by atoms with van der Waals surface area (Å²) in [7, 11) is 0. The van der Waals surface area contributed by atoms with E-state index in [2.05, 4.69) is 65.6 Å². The van der Waals surface area contributed by atoms with Gasteiger partial charge in [-0.15, -0.1) is 0 Å². The summed E-state index contributed by atoms with van der Waals surface area (Å²) in [6.07, 6.45) is 9.77. The molecule has 2 aromatic rings. The highest BCUT2D eigenvalue weighted by atomic mass is 16.1. The largest absolute Gasteiger partial charge is 0.369 e. The van der Waals surface area contributed by atoms with Crippen molar-refractivity contribution >= 4 is 30.0 Å². The highest BCUT2D eigenvalue weighted by Crippen LogP contribution is 2.38. The maximum atomic E-state index is 11.7. The quantitative estimate of drug-likeness (QED) is 0.587. The monoisotopic (exact) mass is 455 g/mol. The summed E-state index contributed by atoms with van der Waals surface area (Å²) >= 11 is 0. The smallest absolute Gasteiger partial charge is 0.220 e. The van der Waals surface area contributed by atoms with Crippen molar-refractivity contribution in [2.24, 2.45) is 11.7 Å². The van der Waals surface area contributed by atoms with Crippen LogP contribution in [0.25, 0.3) is 17.7 Å². The molecule has 0 saturated carbocycles. The minimum atomic E-state index is -0.233. The Kier molecular flexibility index (Phi) is 6.63. The van der Waals surface area contributed by atoms with Gasteiger partial charge in [0.1, 0.15) is 0 Å². The average molecular weight is 456 g/mol. The van der Waals surface area contributed by atoms with E-state index in [-0.39, 0.29) is 17.9 Å². The maximum Gasteiger partial charge on any atom is 0.220 e. The highest BCUT2D eigenvalue weighted by molar-refractivity contribution is 5.94. The van der Waals surface area contributed by atoms with Crippen LogP contribution in [-0.2, 0) is 9.59 Å². The minimum absolute atomic E-state index is 0.107. The fraction of sp³-hybridized carbons (Fsp3) is 0.379. The Morgan fingerprint density at radius 1 is 0.941 bits per heavy atom. The molecule has 2 aliphatic heterocycles. The van der Waals surface area contributed by atoms with Crippen LogP contribution in [0.4, 0.5) is 0 Å². The molecule has 0 radical (unpaired) electrons. The number of piperidine rings is 2. The van der Waals surface area contributed by atoms with Gasteiger partial charge in [0.05, 0.1) is 0 Å². The summed E-state index contributed by atoms with van der Waals surface area (Å²) in [5.74, 6) is -0.342. The van der Waals surface area contributed by atoms with Crippen LogP contribution in [0.2, 0.25) is 0 Å². The number of amides is 2. The number of carbonyl (C=O) groups is 2. The second-order valence-corrected chi connectivity index (χ2v) is 9.74. The molecule has 0 spiro atoms. The average Bonchev–Trinajstić information content (AvgIpc) is 3.04. The van der Waals surface area contributed by atoms with E-state index >= 15 is 0 Å². The van der Waals surface area contributed by atoms with Gasteiger partial charge in [0.2, 0.25) is 12.3 Å². The van der Waals surface area contributed by atoms with Crippen LogP contribution in [0, 0.1) is 5.92 Å². The molecular weight excluding hydrogens is 422 g/mol. The molecule has 2 fully saturated rings. The first-order valence-electron chi connectivity index (χ1n) is 12.5. The molecule has 5 rings (SSSR count). The second kappa shape index (κ2) is 9.98. The van der Waals surface area contributed by atoms with Gasteiger partial charge in [-0.3, -0.25) is 9.59 Å². The fourth-order valence-corrected chi connectivity index (χ4v) is 5.82. The van der Waals surface area contributed by atoms with Crippen LogP contribution in [0.5, 0.6) is 0 Å². The van der Waals surface area contributed by atoms with Gasteiger partial charge >= 0.3 is 0 Å². The molecule has 0 bridgehead atoms. The van der Waals surface area contributed by atoms with Crippen molar-refractivity contribution in [1.82, 2.24) is 9.80 Å². The van der Waals surface area contributed by atoms with Gasteiger partial charge in [-0.1, -0.05) is 66.3 Å². The number of primary amides is 1. The Hall–Kier alpha value is -3.18. The summed E-state index contributed by atoms with van der Waals surface area (Å²) in [5.41, 5.74) is 13.7. The molecule has 2 saturated heterocycles. The van der Waals surface area contributed by atoms with E-state index < -0.39 is 0 Å². The number of rotatable bonds is 5. The van der Waals surface area contributed by atoms with Gasteiger partial charge in [0.25, 0.3) is 0 Å². The molecule has 5 heteroatoms. The van der Waals surface area contributed by atoms with Crippen molar-refractivity contribution < 1.29 is 9.59 Å². The van der Waals surface area contributed by atoms with E-state index in [1.54, 1.807) is 0 Å². The number of likely N-dealkylation sites (tertiary alicyclic amines) is 2. The van der Waals surface area contributed by atoms with Gasteiger partial charge in [-0.25, -0.2) is 0 Å². The molecule has 2 atom stereocenters. The molecule has 176 valence electrons. The first kappa shape index (κ1) is 22.6. The molecule has 34 heavy (non-hydrogen) atoms. The molecule has 2 aromatic carbocycles. The normalized spacial score (nSPS) is 22.6. The molecular formula is C29H33N3O2. The predicted molar refractivity (Wildman–Crippen MR) is 137 cm³/mol. The van der Waals surface area contributed by atoms with Gasteiger partial charge in [0.15, 0.2) is 0 Å². The van der Waals surface area contributed by atoms with Crippen molar-refractivity contribution in [2.75, 3.05) is 26.2 Å². The third kappa shape index (κ3) is 4.58. The standard InChI is InChI=1S/C29H33N3O2/c30-29(34)24-13-18-32(20-33)25(19-24)14-17-31-15-11-23(12-16-31)28-26-7-3-1-5-21(26)9-10-22-6-2-4-8-27(22)28/h1-10,20,24-25H,11-19H2,(H2,30,34). The molecule has 3 aliphatic rings. The fourth-order valence-electron chi connectivity index (χ4n) is 5.82. The Labute approximate surface area is 201 Å². The van der Waals surface area contributed by atoms with Crippen molar-refractivity contribution in [3.05, 3.63) is 76.4 Å². The van der Waals surface area contributed by atoms with Gasteiger partial charge < -0.3 is 15.5 Å². The van der Waals surface area contributed by atoms with E-state index in [0.29, 0.717) is 19.4 Å². The number of hydrogen-bond acceptors (Lipinski definition) is 3. The van der Waals surface area contributed by atoms with Crippen LogP contribution in [0.1, 0.15) is 54.4 Å². The first-order valence-corrected chi connectivity index (χ1v) is 12.5. The highest BCUT2D eigenvalue weighted by Gasteiger charge is 2.31. The molecule has 2 N–H and O–H groups in total. The number of nitrogens with zero attached hydrogens (tertiary/aromatic N) is 2. The lowest BCUT2D eigenvalue weighted by molar-refractivity contribution is -0.129. The van der Waals surface area contributed by atoms with Gasteiger partial charge in [-0.2, -0.15) is 0 Å². The van der Waals surface area contributed by atoms with Gasteiger partial charge in [-0.05, 0) is 59.9 Å². The third-order valence-corrected chi connectivity index (χ3v) is 7.79. The van der Waals surface area contributed by atoms with Crippen LogP contribution in [0.15, 0.2) is 54.1 Å². The lowest BCUT2D eigenvalue weighted by atomic mass is 9.85. The van der Waals surface area contributed by atoms with E-state index in [9.17, 15) is 9.59 Å². The third-order valence-electron chi connectivity index (χ3n) is 7.79. The van der Waals surface area contributed by atoms with Crippen LogP contribution in [0.3, 0.4) is 0 Å². The lowest BCUT2D eigenvalue weighted by Crippen LogP contribution is -2.46. The van der Waals surface area contributed by atoms with E-state index in [1.165, 1.54) is 33.4 Å². The zero-order chi connectivity index (χ0) is 23.5. The molecule has 0 aromatic heterocycles. The Morgan fingerprint density at radius 3 is 2.15 bits per heavy atom. The Balaban J connectivity index is 1.31. The topological polar surface area (TPSA) is 66.6 Å². The van der Waals surface area contributed by atoms with Crippen LogP contribution in [-0.4, -0.2) is 54.3 Å². The number of fused-ring (bicyclic) bond motifs is 2.